The number of unbranched alkanes of at least 4 members (excludes halogenated alkanes) is 6. The maximum Gasteiger partial charge on any atom is 0.306 e. The number of nitrogens with zero attached hydrogens (tertiary/aromatic N) is 1. The van der Waals surface area contributed by atoms with E-state index in [0.717, 1.165) is 89.9 Å². The monoisotopic (exact) mass is 818 g/mol. The van der Waals surface area contributed by atoms with Crippen LogP contribution in [0.3, 0.4) is 0 Å². The summed E-state index contributed by atoms with van der Waals surface area (Å²) in [6, 6.07) is -0.747. The molecule has 0 spiro atoms. The number of aliphatic carboxylic acids is 1. The Bertz CT molecular complexity index is 1370. The van der Waals surface area contributed by atoms with Gasteiger partial charge in [0.1, 0.15) is 12.6 Å². The highest BCUT2D eigenvalue weighted by atomic mass is 16.6. The average molecular weight is 818 g/mol. The molecule has 0 saturated carbocycles. The van der Waals surface area contributed by atoms with Crippen molar-refractivity contribution >= 4 is 17.9 Å². The third-order valence-electron chi connectivity index (χ3n) is 8.94. The zero-order valence-electron chi connectivity index (χ0n) is 37.4. The minimum absolute atomic E-state index is 0.00334. The van der Waals surface area contributed by atoms with E-state index in [-0.39, 0.29) is 55.5 Å². The van der Waals surface area contributed by atoms with Crippen molar-refractivity contribution in [2.24, 2.45) is 0 Å². The van der Waals surface area contributed by atoms with Crippen molar-refractivity contribution in [3.05, 3.63) is 122 Å². The van der Waals surface area contributed by atoms with Gasteiger partial charge in [-0.3, -0.25) is 9.59 Å². The number of carboxylic acids is 1. The standard InChI is InChI=1S/C51H79NO7/c1-6-8-10-12-14-16-18-20-22-23-24-25-26-28-29-31-33-35-37-39-41-49(53)58-46-47(45-57-44-43-48(51(55)56)52(3,4)5)59-50(54)42-40-38-36-34-32-30-27-21-19-17-15-13-11-9-7-2/h8-11,13-17,19-22,24-25,27-29,33,35,47-48H,6-7,12,18,23,26,30-32,34,36-46H2,1-5H3/b10-8+,11-9+,15-13+,16-14+,19-17+,22-20+,25-24+,27-21+,29-28+,35-33+. The van der Waals surface area contributed by atoms with Gasteiger partial charge in [0, 0.05) is 19.3 Å². The molecule has 8 nitrogen and oxygen atoms in total. The van der Waals surface area contributed by atoms with Crippen molar-refractivity contribution in [3.63, 3.8) is 0 Å². The fourth-order valence-corrected chi connectivity index (χ4v) is 5.56. The average Bonchev–Trinajstić information content (AvgIpc) is 3.19. The highest BCUT2D eigenvalue weighted by molar-refractivity contribution is 5.70. The lowest BCUT2D eigenvalue weighted by Crippen LogP contribution is -2.55. The topological polar surface area (TPSA) is 102 Å². The minimum Gasteiger partial charge on any atom is -0.544 e. The number of hydrogen-bond acceptors (Lipinski definition) is 7. The fourth-order valence-electron chi connectivity index (χ4n) is 5.56. The number of likely N-dealkylation sites (N-methyl/N-ethyl adjacent to an activating group) is 1. The molecule has 0 radical (unpaired) electrons. The Morgan fingerprint density at radius 1 is 0.525 bits per heavy atom. The lowest BCUT2D eigenvalue weighted by Gasteiger charge is -2.34. The van der Waals surface area contributed by atoms with Crippen molar-refractivity contribution in [1.82, 2.24) is 0 Å². The molecule has 0 saturated heterocycles. The molecular formula is C51H79NO7. The van der Waals surface area contributed by atoms with Gasteiger partial charge in [-0.15, -0.1) is 0 Å². The second-order valence-corrected chi connectivity index (χ2v) is 15.3. The summed E-state index contributed by atoms with van der Waals surface area (Å²) in [5.74, 6) is -1.86. The molecule has 0 aliphatic heterocycles. The zero-order valence-corrected chi connectivity index (χ0v) is 37.4. The number of esters is 2. The molecule has 2 unspecified atom stereocenters. The van der Waals surface area contributed by atoms with Crippen LogP contribution in [-0.4, -0.2) is 75.5 Å². The van der Waals surface area contributed by atoms with E-state index in [1.807, 2.05) is 30.4 Å². The first-order valence-electron chi connectivity index (χ1n) is 22.1. The number of carbonyl (C=O) groups excluding carboxylic acids is 3. The van der Waals surface area contributed by atoms with Gasteiger partial charge in [-0.2, -0.15) is 0 Å². The van der Waals surface area contributed by atoms with Crippen LogP contribution in [0.4, 0.5) is 0 Å². The predicted molar refractivity (Wildman–Crippen MR) is 244 cm³/mol. The van der Waals surface area contributed by atoms with Crippen LogP contribution in [0, 0.1) is 0 Å². The number of hydrogen-bond donors (Lipinski definition) is 0. The Morgan fingerprint density at radius 3 is 1.56 bits per heavy atom. The third-order valence-corrected chi connectivity index (χ3v) is 8.94. The molecule has 8 heteroatoms. The van der Waals surface area contributed by atoms with Crippen LogP contribution >= 0.6 is 0 Å². The van der Waals surface area contributed by atoms with Gasteiger partial charge in [0.15, 0.2) is 6.10 Å². The molecule has 0 aliphatic rings. The molecule has 2 atom stereocenters. The second kappa shape index (κ2) is 40.5. The SMILES string of the molecule is CC/C=C/C=C/C=C/C=C/CCCCCCCC(=O)OC(COCCC(C(=O)[O-])[N+](C)(C)C)COC(=O)CCC/C=C/C/C=C/C/C=C/C/C=C/C/C=C/C/C=C/CC. The Balaban J connectivity index is 4.51. The summed E-state index contributed by atoms with van der Waals surface area (Å²) in [6.07, 6.45) is 56.6. The summed E-state index contributed by atoms with van der Waals surface area (Å²) < 4.78 is 17.1. The molecule has 0 fully saturated rings. The molecule has 0 amide bonds. The normalized spacial score (nSPS) is 14.1. The number of allylic oxidation sites excluding steroid dienone is 20. The Morgan fingerprint density at radius 2 is 1.00 bits per heavy atom. The number of carboxylic acid groups (broad SMARTS) is 1. The Labute approximate surface area is 359 Å². The van der Waals surface area contributed by atoms with E-state index in [0.29, 0.717) is 6.42 Å². The van der Waals surface area contributed by atoms with Crippen molar-refractivity contribution in [2.75, 3.05) is 41.0 Å². The van der Waals surface area contributed by atoms with Crippen LogP contribution in [0.1, 0.15) is 129 Å². The fraction of sp³-hybridized carbons (Fsp3) is 0.549. The molecule has 0 aromatic carbocycles. The van der Waals surface area contributed by atoms with E-state index in [4.69, 9.17) is 14.2 Å². The molecule has 0 rings (SSSR count). The molecule has 0 N–H and O–H groups in total. The second-order valence-electron chi connectivity index (χ2n) is 15.3. The summed E-state index contributed by atoms with van der Waals surface area (Å²) in [5.41, 5.74) is 0. The highest BCUT2D eigenvalue weighted by Gasteiger charge is 2.25. The smallest absolute Gasteiger partial charge is 0.306 e. The van der Waals surface area contributed by atoms with Gasteiger partial charge in [-0.05, 0) is 77.0 Å². The lowest BCUT2D eigenvalue weighted by molar-refractivity contribution is -0.889. The molecular weight excluding hydrogens is 739 g/mol. The van der Waals surface area contributed by atoms with E-state index in [1.54, 1.807) is 21.1 Å². The van der Waals surface area contributed by atoms with Crippen molar-refractivity contribution in [3.8, 4) is 0 Å². The number of rotatable bonds is 37. The Kier molecular flexibility index (Phi) is 37.6. The first-order valence-corrected chi connectivity index (χ1v) is 22.1. The van der Waals surface area contributed by atoms with Gasteiger partial charge in [0.05, 0.1) is 40.3 Å². The van der Waals surface area contributed by atoms with Gasteiger partial charge < -0.3 is 28.6 Å². The number of quaternary nitrogens is 1. The van der Waals surface area contributed by atoms with E-state index in [2.05, 4.69) is 105 Å². The molecule has 0 aromatic rings. The van der Waals surface area contributed by atoms with Gasteiger partial charge in [0.25, 0.3) is 0 Å². The molecule has 0 heterocycles. The van der Waals surface area contributed by atoms with Crippen LogP contribution in [0.5, 0.6) is 0 Å². The van der Waals surface area contributed by atoms with Gasteiger partial charge in [-0.25, -0.2) is 0 Å². The summed E-state index contributed by atoms with van der Waals surface area (Å²) in [4.78, 5) is 36.9. The quantitative estimate of drug-likeness (QED) is 0.0202. The van der Waals surface area contributed by atoms with Crippen molar-refractivity contribution in [1.29, 1.82) is 0 Å². The highest BCUT2D eigenvalue weighted by Crippen LogP contribution is 2.11. The lowest BCUT2D eigenvalue weighted by atomic mass is 10.1. The van der Waals surface area contributed by atoms with Crippen LogP contribution in [-0.2, 0) is 28.6 Å². The van der Waals surface area contributed by atoms with E-state index in [1.165, 1.54) is 0 Å². The van der Waals surface area contributed by atoms with Crippen LogP contribution in [0.25, 0.3) is 0 Å². The van der Waals surface area contributed by atoms with Crippen molar-refractivity contribution < 1.29 is 38.2 Å². The first-order chi connectivity index (χ1) is 28.6. The van der Waals surface area contributed by atoms with Crippen LogP contribution < -0.4 is 5.11 Å². The molecule has 0 aliphatic carbocycles. The zero-order chi connectivity index (χ0) is 43.5. The largest absolute Gasteiger partial charge is 0.544 e. The maximum atomic E-state index is 12.7. The van der Waals surface area contributed by atoms with E-state index >= 15 is 0 Å². The number of ether oxygens (including phenoxy) is 3. The van der Waals surface area contributed by atoms with Gasteiger partial charge >= 0.3 is 11.9 Å². The van der Waals surface area contributed by atoms with Crippen LogP contribution in [0.2, 0.25) is 0 Å². The molecule has 59 heavy (non-hydrogen) atoms. The van der Waals surface area contributed by atoms with E-state index < -0.39 is 18.1 Å². The minimum atomic E-state index is -1.14. The summed E-state index contributed by atoms with van der Waals surface area (Å²) in [7, 11) is 5.36. The molecule has 330 valence electrons. The van der Waals surface area contributed by atoms with Crippen LogP contribution in [0.15, 0.2) is 122 Å². The summed E-state index contributed by atoms with van der Waals surface area (Å²) in [6.45, 7) is 4.29. The Hall–Kier alpha value is -4.27. The summed E-state index contributed by atoms with van der Waals surface area (Å²) >= 11 is 0. The third kappa shape index (κ3) is 39.0. The van der Waals surface area contributed by atoms with Crippen molar-refractivity contribution in [2.45, 2.75) is 142 Å². The number of carbonyl (C=O) groups is 3. The first kappa shape index (κ1) is 54.7. The van der Waals surface area contributed by atoms with Gasteiger partial charge in [0.2, 0.25) is 0 Å². The molecule has 0 aromatic heterocycles. The maximum absolute atomic E-state index is 12.7. The van der Waals surface area contributed by atoms with Gasteiger partial charge in [-0.1, -0.05) is 155 Å². The molecule has 0 bridgehead atoms. The predicted octanol–water partition coefficient (Wildman–Crippen LogP) is 10.9. The van der Waals surface area contributed by atoms with E-state index in [9.17, 15) is 19.5 Å². The summed E-state index contributed by atoms with van der Waals surface area (Å²) in [5, 5.41) is 11.6.